The van der Waals surface area contributed by atoms with Gasteiger partial charge in [-0.25, -0.2) is 0 Å². The lowest BCUT2D eigenvalue weighted by atomic mass is 10.1. The first-order valence-corrected chi connectivity index (χ1v) is 7.66. The second-order valence-corrected chi connectivity index (χ2v) is 5.70. The van der Waals surface area contributed by atoms with Crippen LogP contribution in [0.5, 0.6) is 0 Å². The highest BCUT2D eigenvalue weighted by Gasteiger charge is 2.18. The zero-order valence-corrected chi connectivity index (χ0v) is 12.3. The van der Waals surface area contributed by atoms with Crippen LogP contribution >= 0.6 is 11.3 Å². The van der Waals surface area contributed by atoms with Gasteiger partial charge >= 0.3 is 0 Å². The van der Waals surface area contributed by atoms with Gasteiger partial charge in [0.1, 0.15) is 5.76 Å². The van der Waals surface area contributed by atoms with Gasteiger partial charge in [-0.1, -0.05) is 6.07 Å². The Bertz CT molecular complexity index is 623. The van der Waals surface area contributed by atoms with Gasteiger partial charge in [0.15, 0.2) is 0 Å². The van der Waals surface area contributed by atoms with Crippen molar-refractivity contribution in [2.75, 3.05) is 0 Å². The fourth-order valence-electron chi connectivity index (χ4n) is 2.24. The zero-order chi connectivity index (χ0) is 14.5. The summed E-state index contributed by atoms with van der Waals surface area (Å²) in [6.45, 7) is 0.425. The third kappa shape index (κ3) is 3.44. The first-order valence-electron chi connectivity index (χ1n) is 6.78. The molecule has 5 heteroatoms. The molecule has 21 heavy (non-hydrogen) atoms. The number of nitrogens with one attached hydrogen (secondary N) is 1. The van der Waals surface area contributed by atoms with E-state index in [-0.39, 0.29) is 11.9 Å². The molecule has 1 amide bonds. The molecule has 3 heterocycles. The number of furan rings is 1. The second-order valence-electron chi connectivity index (χ2n) is 4.72. The zero-order valence-electron chi connectivity index (χ0n) is 11.4. The van der Waals surface area contributed by atoms with Gasteiger partial charge in [-0.2, -0.15) is 0 Å². The summed E-state index contributed by atoms with van der Waals surface area (Å²) < 4.78 is 7.28. The molecule has 0 saturated carbocycles. The average molecular weight is 300 g/mol. The number of nitrogens with zero attached hydrogens (tertiary/aromatic N) is 1. The third-order valence-corrected chi connectivity index (χ3v) is 4.25. The number of amides is 1. The van der Waals surface area contributed by atoms with Gasteiger partial charge in [0.25, 0.3) is 0 Å². The minimum atomic E-state index is 0.0125. The van der Waals surface area contributed by atoms with Crippen LogP contribution < -0.4 is 5.32 Å². The first kappa shape index (κ1) is 13.7. The summed E-state index contributed by atoms with van der Waals surface area (Å²) in [7, 11) is 0. The third-order valence-electron chi connectivity index (χ3n) is 3.28. The molecule has 0 unspecified atom stereocenters. The van der Waals surface area contributed by atoms with Gasteiger partial charge in [0, 0.05) is 17.3 Å². The summed E-state index contributed by atoms with van der Waals surface area (Å²) in [5.41, 5.74) is 0. The predicted octanol–water partition coefficient (Wildman–Crippen LogP) is 3.44. The highest BCUT2D eigenvalue weighted by molar-refractivity contribution is 7.10. The maximum atomic E-state index is 12.2. The van der Waals surface area contributed by atoms with Crippen LogP contribution in [0.25, 0.3) is 0 Å². The van der Waals surface area contributed by atoms with Gasteiger partial charge in [-0.15, -0.1) is 11.3 Å². The number of carbonyl (C=O) groups is 1. The van der Waals surface area contributed by atoms with E-state index in [2.05, 4.69) is 16.0 Å². The van der Waals surface area contributed by atoms with E-state index in [1.807, 2.05) is 48.1 Å². The summed E-state index contributed by atoms with van der Waals surface area (Å²) in [5.74, 6) is 0.774. The Labute approximate surface area is 127 Å². The Kier molecular flexibility index (Phi) is 4.21. The van der Waals surface area contributed by atoms with E-state index in [4.69, 9.17) is 4.42 Å². The van der Waals surface area contributed by atoms with Crippen molar-refractivity contribution in [3.05, 3.63) is 71.1 Å². The summed E-state index contributed by atoms with van der Waals surface area (Å²) in [5, 5.41) is 4.93. The normalized spacial score (nSPS) is 12.2. The molecule has 4 nitrogen and oxygen atoms in total. The van der Waals surface area contributed by atoms with Crippen LogP contribution in [0.2, 0.25) is 0 Å². The highest BCUT2D eigenvalue weighted by Crippen LogP contribution is 2.26. The Morgan fingerprint density at radius 3 is 2.76 bits per heavy atom. The number of carbonyl (C=O) groups excluding carboxylic acids is 1. The van der Waals surface area contributed by atoms with E-state index < -0.39 is 0 Å². The van der Waals surface area contributed by atoms with Crippen LogP contribution in [0, 0.1) is 0 Å². The van der Waals surface area contributed by atoms with Crippen LogP contribution in [0.4, 0.5) is 0 Å². The van der Waals surface area contributed by atoms with Crippen LogP contribution in [0.1, 0.15) is 23.1 Å². The molecule has 0 aromatic carbocycles. The quantitative estimate of drug-likeness (QED) is 0.758. The molecule has 0 aliphatic carbocycles. The van der Waals surface area contributed by atoms with Crippen molar-refractivity contribution in [1.82, 2.24) is 9.88 Å². The fraction of sp³-hybridized carbons (Fsp3) is 0.188. The first-order chi connectivity index (χ1) is 10.3. The molecule has 0 saturated heterocycles. The molecule has 3 aromatic rings. The predicted molar refractivity (Wildman–Crippen MR) is 82.1 cm³/mol. The number of rotatable bonds is 6. The molecule has 3 rings (SSSR count). The molecule has 0 spiro atoms. The van der Waals surface area contributed by atoms with E-state index in [1.54, 1.807) is 17.6 Å². The van der Waals surface area contributed by atoms with Gasteiger partial charge in [-0.3, -0.25) is 4.79 Å². The van der Waals surface area contributed by atoms with E-state index in [9.17, 15) is 4.79 Å². The number of hydrogen-bond acceptors (Lipinski definition) is 3. The summed E-state index contributed by atoms with van der Waals surface area (Å²) >= 11 is 1.67. The van der Waals surface area contributed by atoms with Crippen LogP contribution in [-0.2, 0) is 11.3 Å². The molecule has 1 atom stereocenters. The standard InChI is InChI=1S/C16H16N2O2S/c19-16(17-12-13-5-3-9-20-13)11-14(15-6-4-10-21-15)18-7-1-2-8-18/h1-10,14H,11-12H2,(H,17,19)/t14-/m1/s1. The topological polar surface area (TPSA) is 47.2 Å². The van der Waals surface area contributed by atoms with E-state index in [1.165, 1.54) is 4.88 Å². The van der Waals surface area contributed by atoms with Crippen molar-refractivity contribution in [1.29, 1.82) is 0 Å². The molecule has 108 valence electrons. The average Bonchev–Trinajstić information content (AvgIpc) is 3.26. The van der Waals surface area contributed by atoms with Crippen molar-refractivity contribution in [2.24, 2.45) is 0 Å². The monoisotopic (exact) mass is 300 g/mol. The SMILES string of the molecule is O=C(C[C@H](c1cccs1)n1cccc1)NCc1ccco1. The molecular weight excluding hydrogens is 284 g/mol. The minimum absolute atomic E-state index is 0.0125. The molecule has 0 aliphatic rings. The van der Waals surface area contributed by atoms with E-state index in [0.717, 1.165) is 5.76 Å². The van der Waals surface area contributed by atoms with E-state index in [0.29, 0.717) is 13.0 Å². The maximum Gasteiger partial charge on any atom is 0.222 e. The lowest BCUT2D eigenvalue weighted by Crippen LogP contribution is -2.26. The molecule has 0 radical (unpaired) electrons. The Morgan fingerprint density at radius 2 is 2.10 bits per heavy atom. The van der Waals surface area contributed by atoms with Crippen molar-refractivity contribution in [2.45, 2.75) is 19.0 Å². The number of aromatic nitrogens is 1. The van der Waals surface area contributed by atoms with Gasteiger partial charge in [-0.05, 0) is 35.7 Å². The van der Waals surface area contributed by atoms with Gasteiger partial charge < -0.3 is 14.3 Å². The van der Waals surface area contributed by atoms with Crippen molar-refractivity contribution < 1.29 is 9.21 Å². The number of hydrogen-bond donors (Lipinski definition) is 1. The van der Waals surface area contributed by atoms with Gasteiger partial charge in [0.05, 0.1) is 25.3 Å². The summed E-state index contributed by atoms with van der Waals surface area (Å²) in [6, 6.07) is 11.7. The molecule has 0 bridgehead atoms. The Morgan fingerprint density at radius 1 is 1.24 bits per heavy atom. The molecule has 0 fully saturated rings. The lowest BCUT2D eigenvalue weighted by molar-refractivity contribution is -0.121. The number of thiophene rings is 1. The largest absolute Gasteiger partial charge is 0.467 e. The Hall–Kier alpha value is -2.27. The lowest BCUT2D eigenvalue weighted by Gasteiger charge is -2.17. The van der Waals surface area contributed by atoms with Gasteiger partial charge in [0.2, 0.25) is 5.91 Å². The van der Waals surface area contributed by atoms with Crippen LogP contribution in [-0.4, -0.2) is 10.5 Å². The minimum Gasteiger partial charge on any atom is -0.467 e. The molecular formula is C16H16N2O2S. The molecule has 0 aliphatic heterocycles. The highest BCUT2D eigenvalue weighted by atomic mass is 32.1. The van der Waals surface area contributed by atoms with Crippen LogP contribution in [0.15, 0.2) is 64.9 Å². The fourth-order valence-corrected chi connectivity index (χ4v) is 3.07. The van der Waals surface area contributed by atoms with Crippen molar-refractivity contribution in [3.8, 4) is 0 Å². The Balaban J connectivity index is 1.66. The van der Waals surface area contributed by atoms with E-state index >= 15 is 0 Å². The second kappa shape index (κ2) is 6.45. The smallest absolute Gasteiger partial charge is 0.222 e. The molecule has 1 N–H and O–H groups in total. The summed E-state index contributed by atoms with van der Waals surface area (Å²) in [4.78, 5) is 13.4. The van der Waals surface area contributed by atoms with Crippen molar-refractivity contribution >= 4 is 17.2 Å². The molecule has 3 aromatic heterocycles. The maximum absolute atomic E-state index is 12.2. The van der Waals surface area contributed by atoms with Crippen LogP contribution in [0.3, 0.4) is 0 Å². The van der Waals surface area contributed by atoms with Crippen molar-refractivity contribution in [3.63, 3.8) is 0 Å². The summed E-state index contributed by atoms with van der Waals surface area (Å²) in [6.07, 6.45) is 6.00.